The van der Waals surface area contributed by atoms with Crippen molar-refractivity contribution in [2.24, 2.45) is 0 Å². The molecule has 1 heterocycles. The molecule has 1 aromatic heterocycles. The number of aromatic carboxylic acids is 1. The van der Waals surface area contributed by atoms with E-state index in [9.17, 15) is 19.5 Å². The van der Waals surface area contributed by atoms with Crippen LogP contribution in [0.1, 0.15) is 32.2 Å². The van der Waals surface area contributed by atoms with Crippen LogP contribution in [-0.4, -0.2) is 39.2 Å². The zero-order valence-electron chi connectivity index (χ0n) is 15.3. The van der Waals surface area contributed by atoms with Gasteiger partial charge in [0.15, 0.2) is 0 Å². The minimum absolute atomic E-state index is 0.112. The van der Waals surface area contributed by atoms with Gasteiger partial charge in [-0.25, -0.2) is 9.78 Å². The van der Waals surface area contributed by atoms with Crippen molar-refractivity contribution >= 4 is 17.6 Å². The number of hydrogen-bond acceptors (Lipinski definition) is 6. The van der Waals surface area contributed by atoms with Crippen LogP contribution in [0.3, 0.4) is 0 Å². The number of hydrogen-bond donors (Lipinski definition) is 4. The van der Waals surface area contributed by atoms with Gasteiger partial charge >= 0.3 is 5.97 Å². The molecule has 9 nitrogen and oxygen atoms in total. The average Bonchev–Trinajstić information content (AvgIpc) is 2.68. The summed E-state index contributed by atoms with van der Waals surface area (Å²) in [6, 6.07) is 11.8. The van der Waals surface area contributed by atoms with Gasteiger partial charge in [0, 0.05) is 24.2 Å². The van der Waals surface area contributed by atoms with Crippen LogP contribution in [0.15, 0.2) is 53.3 Å². The number of amides is 1. The largest absolute Gasteiger partial charge is 0.507 e. The molecule has 0 spiro atoms. The lowest BCUT2D eigenvalue weighted by molar-refractivity contribution is 0.0693. The molecule has 0 unspecified atom stereocenters. The highest BCUT2D eigenvalue weighted by Crippen LogP contribution is 2.22. The second-order valence-electron chi connectivity index (χ2n) is 6.09. The molecule has 4 N–H and O–H groups in total. The van der Waals surface area contributed by atoms with E-state index in [-0.39, 0.29) is 16.9 Å². The Labute approximate surface area is 164 Å². The number of H-pyrrole nitrogens is 1. The van der Waals surface area contributed by atoms with Crippen LogP contribution in [0.25, 0.3) is 0 Å². The fourth-order valence-electron chi connectivity index (χ4n) is 2.63. The molecule has 2 aromatic carbocycles. The maximum absolute atomic E-state index is 12.4. The molecule has 0 atom stereocenters. The molecule has 0 aliphatic rings. The van der Waals surface area contributed by atoms with Crippen molar-refractivity contribution in [3.8, 4) is 11.5 Å². The predicted octanol–water partition coefficient (Wildman–Crippen LogP) is 2.03. The van der Waals surface area contributed by atoms with Crippen LogP contribution in [-0.2, 0) is 6.42 Å². The second-order valence-corrected chi connectivity index (χ2v) is 6.09. The van der Waals surface area contributed by atoms with E-state index in [2.05, 4.69) is 15.3 Å². The third-order valence-corrected chi connectivity index (χ3v) is 4.04. The number of rotatable bonds is 6. The van der Waals surface area contributed by atoms with Crippen molar-refractivity contribution in [2.45, 2.75) is 6.42 Å². The highest BCUT2D eigenvalue weighted by molar-refractivity contribution is 6.03. The van der Waals surface area contributed by atoms with Gasteiger partial charge in [-0.05, 0) is 29.8 Å². The van der Waals surface area contributed by atoms with Crippen LogP contribution >= 0.6 is 0 Å². The van der Waals surface area contributed by atoms with E-state index in [0.29, 0.717) is 18.0 Å². The van der Waals surface area contributed by atoms with Gasteiger partial charge in [-0.2, -0.15) is 0 Å². The Balaban J connectivity index is 1.79. The summed E-state index contributed by atoms with van der Waals surface area (Å²) >= 11 is 0. The molecule has 0 bridgehead atoms. The number of carboxylic acids is 1. The van der Waals surface area contributed by atoms with Gasteiger partial charge in [0.25, 0.3) is 11.5 Å². The van der Waals surface area contributed by atoms with Crippen LogP contribution in [0.2, 0.25) is 0 Å². The minimum atomic E-state index is -1.29. The third kappa shape index (κ3) is 4.78. The van der Waals surface area contributed by atoms with E-state index in [1.165, 1.54) is 6.07 Å². The molecule has 0 aliphatic carbocycles. The van der Waals surface area contributed by atoms with E-state index >= 15 is 0 Å². The summed E-state index contributed by atoms with van der Waals surface area (Å²) in [5.74, 6) is -1.46. The summed E-state index contributed by atoms with van der Waals surface area (Å²) in [4.78, 5) is 42.1. The summed E-state index contributed by atoms with van der Waals surface area (Å²) in [7, 11) is 1.56. The molecule has 0 radical (unpaired) electrons. The third-order valence-electron chi connectivity index (χ3n) is 4.04. The summed E-state index contributed by atoms with van der Waals surface area (Å²) in [5, 5.41) is 21.1. The van der Waals surface area contributed by atoms with Gasteiger partial charge in [0.05, 0.1) is 7.11 Å². The van der Waals surface area contributed by atoms with E-state index in [0.717, 1.165) is 23.8 Å². The standard InChI is InChI=1S/C20H17N3O6/c1-29-13-5-2-11(3-6-13)8-17-22-15(10-18(25)23-17)19(26)21-12-4-7-14(20(27)28)16(24)9-12/h2-7,9-10,24H,8H2,1H3,(H,21,26)(H,27,28)(H,22,23,25). The van der Waals surface area contributed by atoms with Crippen LogP contribution < -0.4 is 15.6 Å². The minimum Gasteiger partial charge on any atom is -0.507 e. The van der Waals surface area contributed by atoms with Crippen LogP contribution in [0.4, 0.5) is 5.69 Å². The fourth-order valence-corrected chi connectivity index (χ4v) is 2.63. The molecule has 0 saturated heterocycles. The Bertz CT molecular complexity index is 1120. The topological polar surface area (TPSA) is 142 Å². The number of carbonyl (C=O) groups is 2. The Morgan fingerprint density at radius 3 is 2.48 bits per heavy atom. The monoisotopic (exact) mass is 395 g/mol. The smallest absolute Gasteiger partial charge is 0.339 e. The molecule has 3 rings (SSSR count). The number of ether oxygens (including phenoxy) is 1. The predicted molar refractivity (Wildman–Crippen MR) is 104 cm³/mol. The number of nitrogens with one attached hydrogen (secondary N) is 2. The first-order valence-electron chi connectivity index (χ1n) is 8.46. The molecule has 9 heteroatoms. The Hall–Kier alpha value is -4.14. The van der Waals surface area contributed by atoms with Gasteiger partial charge in [-0.3, -0.25) is 9.59 Å². The summed E-state index contributed by atoms with van der Waals surface area (Å²) < 4.78 is 5.10. The first-order chi connectivity index (χ1) is 13.9. The highest BCUT2D eigenvalue weighted by Gasteiger charge is 2.14. The van der Waals surface area contributed by atoms with Gasteiger partial charge in [0.2, 0.25) is 0 Å². The lowest BCUT2D eigenvalue weighted by atomic mass is 10.1. The molecule has 0 aliphatic heterocycles. The summed E-state index contributed by atoms with van der Waals surface area (Å²) in [6.45, 7) is 0. The van der Waals surface area contributed by atoms with Crippen LogP contribution in [0, 0.1) is 0 Å². The van der Waals surface area contributed by atoms with E-state index < -0.39 is 23.2 Å². The maximum atomic E-state index is 12.4. The van der Waals surface area contributed by atoms with Crippen molar-refractivity contribution in [2.75, 3.05) is 12.4 Å². The zero-order valence-corrected chi connectivity index (χ0v) is 15.3. The molecule has 29 heavy (non-hydrogen) atoms. The number of carbonyl (C=O) groups excluding carboxylic acids is 1. The summed E-state index contributed by atoms with van der Waals surface area (Å²) in [5.41, 5.74) is 0.132. The quantitative estimate of drug-likeness (QED) is 0.500. The van der Waals surface area contributed by atoms with Crippen molar-refractivity contribution in [3.63, 3.8) is 0 Å². The van der Waals surface area contributed by atoms with Gasteiger partial charge in [0.1, 0.15) is 28.6 Å². The number of aromatic nitrogens is 2. The molecule has 0 saturated carbocycles. The Morgan fingerprint density at radius 1 is 1.14 bits per heavy atom. The lowest BCUT2D eigenvalue weighted by Crippen LogP contribution is -2.20. The highest BCUT2D eigenvalue weighted by atomic mass is 16.5. The van der Waals surface area contributed by atoms with Crippen molar-refractivity contribution < 1.29 is 24.5 Å². The Kier molecular flexibility index (Phi) is 5.59. The number of aromatic amines is 1. The van der Waals surface area contributed by atoms with Crippen molar-refractivity contribution in [3.05, 3.63) is 81.5 Å². The maximum Gasteiger partial charge on any atom is 0.339 e. The van der Waals surface area contributed by atoms with Gasteiger partial charge < -0.3 is 25.3 Å². The number of phenols is 1. The second kappa shape index (κ2) is 8.26. The zero-order chi connectivity index (χ0) is 21.0. The molecule has 0 fully saturated rings. The van der Waals surface area contributed by atoms with E-state index in [1.807, 2.05) is 12.1 Å². The fraction of sp³-hybridized carbons (Fsp3) is 0.100. The van der Waals surface area contributed by atoms with Crippen molar-refractivity contribution in [1.29, 1.82) is 0 Å². The van der Waals surface area contributed by atoms with E-state index in [1.54, 1.807) is 19.2 Å². The van der Waals surface area contributed by atoms with E-state index in [4.69, 9.17) is 9.84 Å². The van der Waals surface area contributed by atoms with Crippen LogP contribution in [0.5, 0.6) is 11.5 Å². The first-order valence-corrected chi connectivity index (χ1v) is 8.46. The SMILES string of the molecule is COc1ccc(Cc2nc(C(=O)Nc3ccc(C(=O)O)c(O)c3)cc(=O)[nH]2)cc1. The first kappa shape index (κ1) is 19.6. The average molecular weight is 395 g/mol. The molecule has 148 valence electrons. The van der Waals surface area contributed by atoms with Crippen molar-refractivity contribution in [1.82, 2.24) is 9.97 Å². The number of anilines is 1. The number of aromatic hydroxyl groups is 1. The number of nitrogens with zero attached hydrogens (tertiary/aromatic N) is 1. The molecule has 3 aromatic rings. The number of benzene rings is 2. The number of carboxylic acid groups (broad SMARTS) is 1. The molecular weight excluding hydrogens is 378 g/mol. The van der Waals surface area contributed by atoms with Gasteiger partial charge in [-0.1, -0.05) is 12.1 Å². The Morgan fingerprint density at radius 2 is 1.86 bits per heavy atom. The summed E-state index contributed by atoms with van der Waals surface area (Å²) in [6.07, 6.45) is 0.300. The normalized spacial score (nSPS) is 10.4. The molecule has 1 amide bonds. The lowest BCUT2D eigenvalue weighted by Gasteiger charge is -2.08. The molecular formula is C20H17N3O6. The van der Waals surface area contributed by atoms with Gasteiger partial charge in [-0.15, -0.1) is 0 Å². The number of methoxy groups -OCH3 is 1.